The van der Waals surface area contributed by atoms with Crippen LogP contribution in [0.2, 0.25) is 0 Å². The molecule has 154 valence electrons. The van der Waals surface area contributed by atoms with E-state index in [0.29, 0.717) is 16.5 Å². The van der Waals surface area contributed by atoms with Crippen molar-refractivity contribution in [1.29, 1.82) is 0 Å². The number of carbonyl (C=O) groups excluding carboxylic acids is 1. The predicted octanol–water partition coefficient (Wildman–Crippen LogP) is 1.92. The molecular formula is C22H23N5O3. The molecule has 4 rings (SSSR count). The van der Waals surface area contributed by atoms with Gasteiger partial charge in [-0.25, -0.2) is 13.9 Å². The Balaban J connectivity index is 1.92. The molecule has 0 fully saturated rings. The third-order valence-electron chi connectivity index (χ3n) is 5.32. The van der Waals surface area contributed by atoms with Gasteiger partial charge in [-0.1, -0.05) is 37.3 Å². The molecular weight excluding hydrogens is 382 g/mol. The number of rotatable bonds is 5. The van der Waals surface area contributed by atoms with Crippen molar-refractivity contribution in [3.05, 3.63) is 80.5 Å². The average molecular weight is 405 g/mol. The monoisotopic (exact) mass is 405 g/mol. The van der Waals surface area contributed by atoms with E-state index in [1.54, 1.807) is 25.2 Å². The lowest BCUT2D eigenvalue weighted by molar-refractivity contribution is 0.0939. The molecule has 1 N–H and O–H groups in total. The van der Waals surface area contributed by atoms with E-state index in [1.807, 2.05) is 44.2 Å². The van der Waals surface area contributed by atoms with Crippen LogP contribution in [0.15, 0.2) is 58.1 Å². The van der Waals surface area contributed by atoms with Crippen molar-refractivity contribution in [1.82, 2.24) is 24.1 Å². The highest BCUT2D eigenvalue weighted by atomic mass is 16.2. The van der Waals surface area contributed by atoms with E-state index in [9.17, 15) is 14.4 Å². The van der Waals surface area contributed by atoms with Gasteiger partial charge in [0.25, 0.3) is 11.5 Å². The van der Waals surface area contributed by atoms with E-state index in [-0.39, 0.29) is 35.5 Å². The van der Waals surface area contributed by atoms with Gasteiger partial charge in [0.05, 0.1) is 17.4 Å². The average Bonchev–Trinajstić information content (AvgIpc) is 3.08. The second-order valence-electron chi connectivity index (χ2n) is 7.44. The molecule has 1 atom stereocenters. The molecule has 0 bridgehead atoms. The van der Waals surface area contributed by atoms with Gasteiger partial charge in [-0.3, -0.25) is 14.2 Å². The summed E-state index contributed by atoms with van der Waals surface area (Å²) in [5.41, 5.74) is 1.04. The Bertz CT molecular complexity index is 1370. The van der Waals surface area contributed by atoms with E-state index in [4.69, 9.17) is 0 Å². The van der Waals surface area contributed by atoms with Crippen LogP contribution in [0.1, 0.15) is 36.2 Å². The second kappa shape index (κ2) is 7.62. The molecule has 1 amide bonds. The van der Waals surface area contributed by atoms with E-state index < -0.39 is 0 Å². The van der Waals surface area contributed by atoms with E-state index in [2.05, 4.69) is 10.4 Å². The molecule has 30 heavy (non-hydrogen) atoms. The van der Waals surface area contributed by atoms with E-state index in [1.165, 1.54) is 13.6 Å². The summed E-state index contributed by atoms with van der Waals surface area (Å²) in [6, 6.07) is 14.3. The number of nitrogens with zero attached hydrogens (tertiary/aromatic N) is 4. The lowest BCUT2D eigenvalue weighted by Crippen LogP contribution is -2.32. The van der Waals surface area contributed by atoms with Crippen LogP contribution >= 0.6 is 0 Å². The van der Waals surface area contributed by atoms with Crippen LogP contribution in [0.5, 0.6) is 0 Å². The first-order valence-electron chi connectivity index (χ1n) is 9.87. The third-order valence-corrected chi connectivity index (χ3v) is 5.32. The number of fused-ring (bicyclic) bond motifs is 3. The fourth-order valence-electron chi connectivity index (χ4n) is 3.40. The molecule has 4 aromatic rings. The van der Waals surface area contributed by atoms with Crippen molar-refractivity contribution < 1.29 is 4.79 Å². The summed E-state index contributed by atoms with van der Waals surface area (Å²) in [6.07, 6.45) is 0.801. The van der Waals surface area contributed by atoms with Gasteiger partial charge in [-0.2, -0.15) is 0 Å². The number of aryl methyl sites for hydroxylation is 1. The predicted molar refractivity (Wildman–Crippen MR) is 115 cm³/mol. The molecule has 0 spiro atoms. The zero-order valence-corrected chi connectivity index (χ0v) is 17.1. The maximum Gasteiger partial charge on any atom is 0.352 e. The Morgan fingerprint density at radius 2 is 1.87 bits per heavy atom. The van der Waals surface area contributed by atoms with Crippen LogP contribution in [-0.2, 0) is 13.6 Å². The standard InChI is InChI=1S/C22H23N5O3/c1-4-14(2)23-19(28)16-10-11-17-18(12-16)27-21(25(3)20(17)29)24-26(22(27)30)13-15-8-6-5-7-9-15/h5-12,14H,4,13H2,1-3H3,(H,23,28). The first-order chi connectivity index (χ1) is 14.4. The number of benzene rings is 2. The number of carbonyl (C=O) groups is 1. The van der Waals surface area contributed by atoms with Gasteiger partial charge in [0.2, 0.25) is 5.78 Å². The summed E-state index contributed by atoms with van der Waals surface area (Å²) in [6.45, 7) is 4.19. The van der Waals surface area contributed by atoms with Gasteiger partial charge in [-0.15, -0.1) is 5.10 Å². The van der Waals surface area contributed by atoms with Crippen molar-refractivity contribution in [3.63, 3.8) is 0 Å². The topological polar surface area (TPSA) is 90.4 Å². The van der Waals surface area contributed by atoms with Crippen LogP contribution < -0.4 is 16.6 Å². The van der Waals surface area contributed by atoms with Crippen molar-refractivity contribution >= 4 is 22.6 Å². The Morgan fingerprint density at radius 3 is 2.57 bits per heavy atom. The van der Waals surface area contributed by atoms with Gasteiger partial charge in [0.1, 0.15) is 0 Å². The molecule has 2 heterocycles. The summed E-state index contributed by atoms with van der Waals surface area (Å²) in [5, 5.41) is 7.64. The maximum absolute atomic E-state index is 13.2. The van der Waals surface area contributed by atoms with Crippen molar-refractivity contribution in [3.8, 4) is 0 Å². The number of hydrogen-bond donors (Lipinski definition) is 1. The number of hydrogen-bond acceptors (Lipinski definition) is 4. The SMILES string of the molecule is CCC(C)NC(=O)c1ccc2c(=O)n(C)c3nn(Cc4ccccc4)c(=O)n3c2c1. The smallest absolute Gasteiger partial charge is 0.350 e. The van der Waals surface area contributed by atoms with Crippen molar-refractivity contribution in [2.24, 2.45) is 7.05 Å². The molecule has 8 nitrogen and oxygen atoms in total. The minimum absolute atomic E-state index is 0.0215. The molecule has 0 radical (unpaired) electrons. The molecule has 0 aliphatic heterocycles. The molecule has 0 saturated heterocycles. The highest BCUT2D eigenvalue weighted by Crippen LogP contribution is 2.14. The first kappa shape index (κ1) is 19.6. The third kappa shape index (κ3) is 3.30. The van der Waals surface area contributed by atoms with Gasteiger partial charge in [-0.05, 0) is 37.1 Å². The van der Waals surface area contributed by atoms with E-state index in [0.717, 1.165) is 12.0 Å². The molecule has 0 aliphatic carbocycles. The number of aromatic nitrogens is 4. The van der Waals surface area contributed by atoms with Crippen LogP contribution in [0.4, 0.5) is 0 Å². The number of amides is 1. The number of nitrogens with one attached hydrogen (secondary N) is 1. The zero-order chi connectivity index (χ0) is 21.4. The maximum atomic E-state index is 13.2. The molecule has 2 aromatic heterocycles. The Kier molecular flexibility index (Phi) is 4.99. The molecule has 0 saturated carbocycles. The Labute approximate surface area is 172 Å². The highest BCUT2D eigenvalue weighted by molar-refractivity contribution is 5.98. The van der Waals surface area contributed by atoms with Gasteiger partial charge < -0.3 is 5.32 Å². The fourth-order valence-corrected chi connectivity index (χ4v) is 3.40. The fraction of sp³-hybridized carbons (Fsp3) is 0.273. The van der Waals surface area contributed by atoms with Crippen molar-refractivity contribution in [2.45, 2.75) is 32.9 Å². The van der Waals surface area contributed by atoms with Gasteiger partial charge in [0, 0.05) is 18.7 Å². The van der Waals surface area contributed by atoms with Crippen LogP contribution in [0, 0.1) is 0 Å². The lowest BCUT2D eigenvalue weighted by Gasteiger charge is -2.12. The first-order valence-corrected chi connectivity index (χ1v) is 9.87. The molecule has 2 aromatic carbocycles. The molecule has 0 aliphatic rings. The summed E-state index contributed by atoms with van der Waals surface area (Å²) in [7, 11) is 1.58. The second-order valence-corrected chi connectivity index (χ2v) is 7.44. The minimum atomic E-state index is -0.367. The van der Waals surface area contributed by atoms with Crippen LogP contribution in [-0.4, -0.2) is 30.7 Å². The van der Waals surface area contributed by atoms with E-state index >= 15 is 0 Å². The lowest BCUT2D eigenvalue weighted by atomic mass is 10.1. The quantitative estimate of drug-likeness (QED) is 0.549. The normalized spacial score (nSPS) is 12.4. The Hall–Kier alpha value is -3.68. The summed E-state index contributed by atoms with van der Waals surface area (Å²) in [5.74, 6) is -0.0160. The molecule has 1 unspecified atom stereocenters. The highest BCUT2D eigenvalue weighted by Gasteiger charge is 2.18. The van der Waals surface area contributed by atoms with Crippen LogP contribution in [0.3, 0.4) is 0 Å². The van der Waals surface area contributed by atoms with Gasteiger partial charge >= 0.3 is 5.69 Å². The summed E-state index contributed by atoms with van der Waals surface area (Å²) >= 11 is 0. The zero-order valence-electron chi connectivity index (χ0n) is 17.1. The largest absolute Gasteiger partial charge is 0.352 e. The minimum Gasteiger partial charge on any atom is -0.350 e. The summed E-state index contributed by atoms with van der Waals surface area (Å²) in [4.78, 5) is 38.6. The molecule has 8 heteroatoms. The van der Waals surface area contributed by atoms with Crippen LogP contribution in [0.25, 0.3) is 16.7 Å². The summed E-state index contributed by atoms with van der Waals surface area (Å²) < 4.78 is 4.07. The Morgan fingerprint density at radius 1 is 1.13 bits per heavy atom. The van der Waals surface area contributed by atoms with Crippen molar-refractivity contribution in [2.75, 3.05) is 0 Å². The van der Waals surface area contributed by atoms with Gasteiger partial charge in [0.15, 0.2) is 0 Å².